The van der Waals surface area contributed by atoms with Gasteiger partial charge in [-0.3, -0.25) is 0 Å². The monoisotopic (exact) mass is 221 g/mol. The number of hydrogen-bond donors (Lipinski definition) is 1. The number of benzene rings is 1. The van der Waals surface area contributed by atoms with Gasteiger partial charge >= 0.3 is 0 Å². The smallest absolute Gasteiger partial charge is 0.126 e. The molecule has 0 aliphatic heterocycles. The molecule has 16 heavy (non-hydrogen) atoms. The van der Waals surface area contributed by atoms with Crippen molar-refractivity contribution in [1.82, 2.24) is 0 Å². The molecule has 0 fully saturated rings. The summed E-state index contributed by atoms with van der Waals surface area (Å²) in [4.78, 5) is 0. The Balaban J connectivity index is 2.45. The highest BCUT2D eigenvalue weighted by molar-refractivity contribution is 5.47. The van der Waals surface area contributed by atoms with Crippen molar-refractivity contribution in [3.8, 4) is 11.5 Å². The average Bonchev–Trinajstić information content (AvgIpc) is 2.48. The highest BCUT2D eigenvalue weighted by Gasteiger charge is 2.18. The molecule has 1 atom stereocenters. The van der Waals surface area contributed by atoms with E-state index in [0.717, 1.165) is 37.2 Å². The molecule has 0 unspecified atom stereocenters. The molecule has 0 heterocycles. The lowest BCUT2D eigenvalue weighted by Gasteiger charge is -2.14. The Labute approximate surface area is 96.5 Å². The third-order valence-electron chi connectivity index (χ3n) is 3.21. The van der Waals surface area contributed by atoms with Gasteiger partial charge in [-0.05, 0) is 42.9 Å². The molecule has 0 radical (unpaired) electrons. The summed E-state index contributed by atoms with van der Waals surface area (Å²) in [5.41, 5.74) is 8.63. The molecule has 0 aromatic heterocycles. The summed E-state index contributed by atoms with van der Waals surface area (Å²) in [6.45, 7) is 0. The number of fused-ring (bicyclic) bond motifs is 1. The van der Waals surface area contributed by atoms with Crippen molar-refractivity contribution in [2.45, 2.75) is 31.7 Å². The third kappa shape index (κ3) is 2.14. The Morgan fingerprint density at radius 3 is 2.75 bits per heavy atom. The summed E-state index contributed by atoms with van der Waals surface area (Å²) in [6, 6.07) is 4.30. The molecule has 0 saturated heterocycles. The second-order valence-corrected chi connectivity index (χ2v) is 4.32. The van der Waals surface area contributed by atoms with Crippen LogP contribution in [0.3, 0.4) is 0 Å². The minimum absolute atomic E-state index is 0.262. The highest BCUT2D eigenvalue weighted by Crippen LogP contribution is 2.32. The molecule has 2 rings (SSSR count). The van der Waals surface area contributed by atoms with Crippen LogP contribution in [-0.2, 0) is 12.8 Å². The lowest BCUT2D eigenvalue weighted by Crippen LogP contribution is -2.21. The standard InChI is InChI=1S/C13H19NO2/c1-15-11-7-9-6-10(14)4-3-5-12(9)13(8-11)16-2/h7-8,10H,3-6,14H2,1-2H3/t10-/m1/s1. The number of ether oxygens (including phenoxy) is 2. The van der Waals surface area contributed by atoms with Crippen LogP contribution in [-0.4, -0.2) is 20.3 Å². The van der Waals surface area contributed by atoms with E-state index in [1.54, 1.807) is 14.2 Å². The predicted molar refractivity (Wildman–Crippen MR) is 64.2 cm³/mol. The molecule has 3 nitrogen and oxygen atoms in total. The van der Waals surface area contributed by atoms with Crippen LogP contribution < -0.4 is 15.2 Å². The van der Waals surface area contributed by atoms with E-state index in [1.807, 2.05) is 6.07 Å². The molecule has 1 aromatic rings. The largest absolute Gasteiger partial charge is 0.497 e. The van der Waals surface area contributed by atoms with Gasteiger partial charge in [0.2, 0.25) is 0 Å². The first-order valence-corrected chi connectivity index (χ1v) is 5.74. The van der Waals surface area contributed by atoms with Gasteiger partial charge in [0.25, 0.3) is 0 Å². The first-order chi connectivity index (χ1) is 7.74. The average molecular weight is 221 g/mol. The van der Waals surface area contributed by atoms with E-state index in [-0.39, 0.29) is 6.04 Å². The molecule has 0 bridgehead atoms. The molecule has 3 heteroatoms. The number of methoxy groups -OCH3 is 2. The predicted octanol–water partition coefficient (Wildman–Crippen LogP) is 1.91. The van der Waals surface area contributed by atoms with E-state index in [4.69, 9.17) is 15.2 Å². The van der Waals surface area contributed by atoms with E-state index in [2.05, 4.69) is 6.07 Å². The van der Waals surface area contributed by atoms with Gasteiger partial charge < -0.3 is 15.2 Å². The van der Waals surface area contributed by atoms with Crippen molar-refractivity contribution in [2.24, 2.45) is 5.73 Å². The van der Waals surface area contributed by atoms with Crippen molar-refractivity contribution in [3.63, 3.8) is 0 Å². The number of rotatable bonds is 2. The molecule has 1 aliphatic rings. The van der Waals surface area contributed by atoms with Gasteiger partial charge in [-0.15, -0.1) is 0 Å². The minimum atomic E-state index is 0.262. The van der Waals surface area contributed by atoms with Crippen LogP contribution in [0, 0.1) is 0 Å². The molecule has 1 aromatic carbocycles. The van der Waals surface area contributed by atoms with Crippen LogP contribution in [0.5, 0.6) is 11.5 Å². The van der Waals surface area contributed by atoms with Gasteiger partial charge in [0, 0.05) is 12.1 Å². The van der Waals surface area contributed by atoms with Crippen molar-refractivity contribution >= 4 is 0 Å². The molecule has 1 aliphatic carbocycles. The van der Waals surface area contributed by atoms with E-state index in [0.29, 0.717) is 0 Å². The Bertz CT molecular complexity index is 376. The van der Waals surface area contributed by atoms with Gasteiger partial charge in [-0.1, -0.05) is 0 Å². The van der Waals surface area contributed by atoms with Crippen LogP contribution in [0.4, 0.5) is 0 Å². The van der Waals surface area contributed by atoms with Gasteiger partial charge in [-0.2, -0.15) is 0 Å². The first-order valence-electron chi connectivity index (χ1n) is 5.74. The fourth-order valence-corrected chi connectivity index (χ4v) is 2.37. The zero-order valence-corrected chi connectivity index (χ0v) is 9.95. The fraction of sp³-hybridized carbons (Fsp3) is 0.538. The molecule has 0 amide bonds. The summed E-state index contributed by atoms with van der Waals surface area (Å²) in [6.07, 6.45) is 4.19. The van der Waals surface area contributed by atoms with Crippen molar-refractivity contribution in [1.29, 1.82) is 0 Å². The van der Waals surface area contributed by atoms with Crippen LogP contribution in [0.1, 0.15) is 24.0 Å². The molecule has 0 saturated carbocycles. The van der Waals surface area contributed by atoms with Crippen LogP contribution in [0.2, 0.25) is 0 Å². The summed E-state index contributed by atoms with van der Waals surface area (Å²) in [5, 5.41) is 0. The van der Waals surface area contributed by atoms with E-state index < -0.39 is 0 Å². The summed E-state index contributed by atoms with van der Waals surface area (Å²) in [7, 11) is 3.39. The third-order valence-corrected chi connectivity index (χ3v) is 3.21. The molecular weight excluding hydrogens is 202 g/mol. The SMILES string of the molecule is COc1cc2c(c(OC)c1)CCC[C@@H](N)C2. The first kappa shape index (κ1) is 11.3. The van der Waals surface area contributed by atoms with Crippen molar-refractivity contribution < 1.29 is 9.47 Å². The quantitative estimate of drug-likeness (QED) is 0.776. The Morgan fingerprint density at radius 2 is 2.06 bits per heavy atom. The Hall–Kier alpha value is -1.22. The Morgan fingerprint density at radius 1 is 1.25 bits per heavy atom. The molecular formula is C13H19NO2. The van der Waals surface area contributed by atoms with Crippen LogP contribution in [0.15, 0.2) is 12.1 Å². The van der Waals surface area contributed by atoms with Crippen LogP contribution >= 0.6 is 0 Å². The van der Waals surface area contributed by atoms with Gasteiger partial charge in [-0.25, -0.2) is 0 Å². The maximum Gasteiger partial charge on any atom is 0.126 e. The fourth-order valence-electron chi connectivity index (χ4n) is 2.37. The van der Waals surface area contributed by atoms with Gasteiger partial charge in [0.05, 0.1) is 14.2 Å². The maximum absolute atomic E-state index is 6.05. The van der Waals surface area contributed by atoms with E-state index in [1.165, 1.54) is 11.1 Å². The van der Waals surface area contributed by atoms with Crippen molar-refractivity contribution in [2.75, 3.05) is 14.2 Å². The van der Waals surface area contributed by atoms with Gasteiger partial charge in [0.1, 0.15) is 11.5 Å². The zero-order valence-electron chi connectivity index (χ0n) is 9.95. The number of nitrogens with two attached hydrogens (primary N) is 1. The second-order valence-electron chi connectivity index (χ2n) is 4.32. The van der Waals surface area contributed by atoms with Crippen LogP contribution in [0.25, 0.3) is 0 Å². The highest BCUT2D eigenvalue weighted by atomic mass is 16.5. The van der Waals surface area contributed by atoms with Crippen molar-refractivity contribution in [3.05, 3.63) is 23.3 Å². The zero-order chi connectivity index (χ0) is 11.5. The minimum Gasteiger partial charge on any atom is -0.497 e. The molecule has 2 N–H and O–H groups in total. The lowest BCUT2D eigenvalue weighted by molar-refractivity contribution is 0.390. The summed E-state index contributed by atoms with van der Waals surface area (Å²) in [5.74, 6) is 1.79. The number of hydrogen-bond acceptors (Lipinski definition) is 3. The maximum atomic E-state index is 6.05. The second kappa shape index (κ2) is 4.74. The Kier molecular flexibility index (Phi) is 3.34. The van der Waals surface area contributed by atoms with E-state index >= 15 is 0 Å². The lowest BCUT2D eigenvalue weighted by atomic mass is 10.0. The molecule has 0 spiro atoms. The summed E-state index contributed by atoms with van der Waals surface area (Å²) >= 11 is 0. The topological polar surface area (TPSA) is 44.5 Å². The van der Waals surface area contributed by atoms with E-state index in [9.17, 15) is 0 Å². The summed E-state index contributed by atoms with van der Waals surface area (Å²) < 4.78 is 10.7. The normalized spacial score (nSPS) is 19.8. The molecule has 88 valence electrons. The van der Waals surface area contributed by atoms with Gasteiger partial charge in [0.15, 0.2) is 0 Å².